The topological polar surface area (TPSA) is 95.5 Å². The largest absolute Gasteiger partial charge is 2.00 e. The van der Waals surface area contributed by atoms with Crippen LogP contribution < -0.4 is 4.90 Å². The number of aromatic nitrogens is 1. The van der Waals surface area contributed by atoms with Crippen LogP contribution in [0, 0.1) is 31.1 Å². The van der Waals surface area contributed by atoms with E-state index in [1.165, 1.54) is 72.4 Å². The summed E-state index contributed by atoms with van der Waals surface area (Å²) >= 11 is 0. The number of hydrogen-bond donors (Lipinski definition) is 0. The van der Waals surface area contributed by atoms with Crippen molar-refractivity contribution >= 4 is 56.9 Å². The predicted octanol–water partition coefficient (Wildman–Crippen LogP) is 35.0. The Kier molecular flexibility index (Phi) is 56.3. The van der Waals surface area contributed by atoms with Gasteiger partial charge in [0, 0.05) is 111 Å². The minimum Gasteiger partial charge on any atom is -0.661 e. The summed E-state index contributed by atoms with van der Waals surface area (Å²) in [7, 11) is 4.02. The molecule has 12 heteroatoms. The molecule has 0 bridgehead atoms. The number of hydrogen-bond acceptors (Lipinski definition) is 5. The van der Waals surface area contributed by atoms with Crippen LogP contribution in [-0.2, 0) is 61.3 Å². The standard InChI is InChI=1S/3C29H41N2.C7H10N2.3C5H5.3Re.U/c3*1-18(2)24-13-11-14-25(19(3)4)28(24)30-22(9)17-23(10)31-29-26(20(5)6)15-12-16-27(29)21(7)8;1-9(2)7-3-5-8-6-4-7;3*1-2-4-5-3-1;;;;/h3*11-21H,1-10H3;3-6H,1-2H3;3*1-5H;;;;/q3*-1;;3*-1;;;;+2/b3*22-17-,31-23?;;;;;;;;. The van der Waals surface area contributed by atoms with E-state index in [-0.39, 0.29) is 92.4 Å². The van der Waals surface area contributed by atoms with Gasteiger partial charge in [-0.25, -0.2) is 36.4 Å². The summed E-state index contributed by atoms with van der Waals surface area (Å²) in [5.74, 6) is 5.24. The van der Waals surface area contributed by atoms with Gasteiger partial charge in [-0.05, 0) is 137 Å². The van der Waals surface area contributed by atoms with Crippen molar-refractivity contribution in [2.75, 3.05) is 19.0 Å². The molecule has 0 atom stereocenters. The zero-order valence-corrected chi connectivity index (χ0v) is 92.0. The molecule has 653 valence electrons. The van der Waals surface area contributed by atoms with Crippen LogP contribution in [-0.4, -0.2) is 36.2 Å². The summed E-state index contributed by atoms with van der Waals surface area (Å²) in [6, 6.07) is 73.4. The van der Waals surface area contributed by atoms with Gasteiger partial charge in [0.25, 0.3) is 0 Å². The van der Waals surface area contributed by atoms with E-state index in [9.17, 15) is 0 Å². The van der Waals surface area contributed by atoms with Gasteiger partial charge in [-0.3, -0.25) is 20.0 Å². The quantitative estimate of drug-likeness (QED) is 0.0421. The SMILES string of the molecule is CC(/C=C(/C)[N-]c1c(C(C)C)cccc1C(C)C)=Nc1c(C(C)C)cccc1C(C)C.CC(/C=C(/C)[N-]c1c(C(C)C)cccc1C(C)C)=Nc1c(C(C)C)cccc1C(C)C.CC(/C=C(/C)[N-]c1c(C(C)C)cccc1C(C)C)=Nc1c(C(C)C)cccc1C(C)C.CN(C)c1ccncc1.[Re].[Re].[Re].[U+2].c1cc[cH-]c1.c1cc[cH-]c1.c1cc[cH-]c1. The third-order valence-corrected chi connectivity index (χ3v) is 19.9. The van der Waals surface area contributed by atoms with Crippen LogP contribution in [0.1, 0.15) is 345 Å². The maximum absolute atomic E-state index is 5.08. The third kappa shape index (κ3) is 39.4. The molecule has 1 aromatic heterocycles. The first kappa shape index (κ1) is 114. The van der Waals surface area contributed by atoms with E-state index in [2.05, 4.69) is 340 Å². The Hall–Kier alpha value is -7.01. The number of allylic oxidation sites excluding steroid dienone is 6. The Bertz CT molecular complexity index is 4030. The molecule has 0 aliphatic heterocycles. The Morgan fingerprint density at radius 1 is 0.273 bits per heavy atom. The van der Waals surface area contributed by atoms with Crippen LogP contribution in [0.4, 0.5) is 39.8 Å². The minimum absolute atomic E-state index is 0. The molecular weight excluding hydrogens is 2220 g/mol. The second kappa shape index (κ2) is 59.8. The first-order valence-electron chi connectivity index (χ1n) is 43.1. The van der Waals surface area contributed by atoms with Crippen molar-refractivity contribution in [3.05, 3.63) is 343 Å². The molecule has 10 aromatic rings. The van der Waals surface area contributed by atoms with Gasteiger partial charge in [0.15, 0.2) is 0 Å². The molecule has 121 heavy (non-hydrogen) atoms. The fourth-order valence-electron chi connectivity index (χ4n) is 13.6. The van der Waals surface area contributed by atoms with Gasteiger partial charge < -0.3 is 20.9 Å². The fraction of sp³-hybridized carbons (Fsp3) is 0.404. The summed E-state index contributed by atoms with van der Waals surface area (Å²) < 4.78 is 0. The summed E-state index contributed by atoms with van der Waals surface area (Å²) in [6.07, 6.45) is 9.91. The van der Waals surface area contributed by atoms with Gasteiger partial charge in [-0.2, -0.15) is 71.7 Å². The maximum Gasteiger partial charge on any atom is 2.00 e. The molecule has 0 spiro atoms. The van der Waals surface area contributed by atoms with Crippen LogP contribution in [0.25, 0.3) is 16.0 Å². The number of rotatable bonds is 25. The van der Waals surface area contributed by atoms with Crippen molar-refractivity contribution in [2.24, 2.45) is 15.0 Å². The maximum atomic E-state index is 5.08. The average Bonchev–Trinajstić information content (AvgIpc) is 1.55. The molecule has 0 N–H and O–H groups in total. The molecule has 9 aromatic carbocycles. The molecule has 1 heterocycles. The number of nitrogens with zero attached hydrogens (tertiary/aromatic N) is 8. The molecule has 0 aliphatic rings. The van der Waals surface area contributed by atoms with Crippen molar-refractivity contribution in [1.29, 1.82) is 0 Å². The molecule has 8 nitrogen and oxygen atoms in total. The van der Waals surface area contributed by atoms with Gasteiger partial charge in [-0.15, -0.1) is 17.1 Å². The van der Waals surface area contributed by atoms with E-state index < -0.39 is 0 Å². The molecule has 0 saturated heterocycles. The van der Waals surface area contributed by atoms with E-state index in [4.69, 9.17) is 30.9 Å². The molecule has 0 amide bonds. The predicted molar refractivity (Wildman–Crippen MR) is 521 cm³/mol. The summed E-state index contributed by atoms with van der Waals surface area (Å²) in [5, 5.41) is 15.2. The van der Waals surface area contributed by atoms with Crippen LogP contribution in [0.3, 0.4) is 0 Å². The van der Waals surface area contributed by atoms with Crippen LogP contribution in [0.2, 0.25) is 0 Å². The third-order valence-electron chi connectivity index (χ3n) is 19.9. The normalized spacial score (nSPS) is 11.7. The van der Waals surface area contributed by atoms with Crippen LogP contribution >= 0.6 is 0 Å². The Morgan fingerprint density at radius 3 is 0.570 bits per heavy atom. The Labute approximate surface area is 802 Å². The fourth-order valence-corrected chi connectivity index (χ4v) is 13.6. The van der Waals surface area contributed by atoms with Crippen molar-refractivity contribution < 1.29 is 92.4 Å². The first-order chi connectivity index (χ1) is 55.4. The minimum atomic E-state index is 0. The zero-order valence-electron chi connectivity index (χ0n) is 79.7. The summed E-state index contributed by atoms with van der Waals surface area (Å²) in [4.78, 5) is 21.2. The average molecular weight is 2370 g/mol. The smallest absolute Gasteiger partial charge is 0.661 e. The summed E-state index contributed by atoms with van der Waals surface area (Å²) in [6.45, 7) is 66.2. The molecule has 3 radical (unpaired) electrons. The molecule has 0 unspecified atom stereocenters. The molecular formula is C109H148N8Re3U-4. The van der Waals surface area contributed by atoms with Gasteiger partial charge in [0.05, 0.1) is 17.1 Å². The van der Waals surface area contributed by atoms with E-state index in [0.29, 0.717) is 71.0 Å². The number of benzene rings is 6. The molecule has 0 saturated carbocycles. The second-order valence-electron chi connectivity index (χ2n) is 34.5. The zero-order chi connectivity index (χ0) is 87.2. The number of aliphatic imine (C=N–C) groups is 3. The number of anilines is 1. The van der Waals surface area contributed by atoms with Crippen LogP contribution in [0.15, 0.2) is 275 Å². The van der Waals surface area contributed by atoms with Gasteiger partial charge in [-0.1, -0.05) is 348 Å². The monoisotopic (exact) mass is 2370 g/mol. The van der Waals surface area contributed by atoms with Gasteiger partial charge in [0.2, 0.25) is 0 Å². The van der Waals surface area contributed by atoms with Crippen molar-refractivity contribution in [2.45, 2.75) is 279 Å². The first-order valence-corrected chi connectivity index (χ1v) is 43.1. The van der Waals surface area contributed by atoms with Crippen molar-refractivity contribution in [3.63, 3.8) is 0 Å². The Morgan fingerprint density at radius 2 is 0.438 bits per heavy atom. The number of pyridine rings is 1. The van der Waals surface area contributed by atoms with E-state index in [1.54, 1.807) is 12.4 Å². The molecule has 0 fully saturated rings. The number of para-hydroxylation sites is 6. The van der Waals surface area contributed by atoms with E-state index >= 15 is 0 Å². The van der Waals surface area contributed by atoms with E-state index in [0.717, 1.165) is 68.4 Å². The summed E-state index contributed by atoms with van der Waals surface area (Å²) in [5.41, 5.74) is 29.5. The van der Waals surface area contributed by atoms with Crippen molar-refractivity contribution in [3.8, 4) is 0 Å². The van der Waals surface area contributed by atoms with E-state index in [1.807, 2.05) is 122 Å². The second-order valence-corrected chi connectivity index (χ2v) is 34.5. The molecule has 0 aliphatic carbocycles. The molecule has 10 rings (SSSR count). The Balaban J connectivity index is 0.00000153. The van der Waals surface area contributed by atoms with Crippen molar-refractivity contribution in [1.82, 2.24) is 4.98 Å². The van der Waals surface area contributed by atoms with Gasteiger partial charge >= 0.3 is 31.1 Å². The van der Waals surface area contributed by atoms with Gasteiger partial charge in [0.1, 0.15) is 0 Å². The van der Waals surface area contributed by atoms with Crippen LogP contribution in [0.5, 0.6) is 0 Å².